The van der Waals surface area contributed by atoms with Gasteiger partial charge in [-0.25, -0.2) is 0 Å². The van der Waals surface area contributed by atoms with Crippen LogP contribution >= 0.6 is 27.7 Å². The number of nitrogens with zero attached hydrogens (tertiary/aromatic N) is 1. The van der Waals surface area contributed by atoms with E-state index in [1.54, 1.807) is 12.1 Å². The molecule has 1 aromatic carbocycles. The summed E-state index contributed by atoms with van der Waals surface area (Å²) in [6, 6.07) is 5.29. The van der Waals surface area contributed by atoms with Gasteiger partial charge in [0.15, 0.2) is 0 Å². The van der Waals surface area contributed by atoms with Crippen LogP contribution in [0.1, 0.15) is 18.4 Å². The lowest BCUT2D eigenvalue weighted by Gasteiger charge is -2.21. The Bertz CT molecular complexity index is 450. The highest BCUT2D eigenvalue weighted by Gasteiger charge is 2.14. The van der Waals surface area contributed by atoms with Gasteiger partial charge in [-0.1, -0.05) is 6.07 Å². The topological polar surface area (TPSA) is 55.2 Å². The van der Waals surface area contributed by atoms with Crippen molar-refractivity contribution in [1.29, 1.82) is 0 Å². The lowest BCUT2D eigenvalue weighted by atomic mass is 10.0. The van der Waals surface area contributed by atoms with E-state index in [1.165, 1.54) is 24.3 Å². The number of nitrogens with one attached hydrogen (secondary N) is 1. The molecule has 0 aliphatic carbocycles. The second kappa shape index (κ2) is 7.26. The third kappa shape index (κ3) is 4.47. The van der Waals surface area contributed by atoms with Crippen LogP contribution in [0.15, 0.2) is 22.7 Å². The van der Waals surface area contributed by atoms with Crippen LogP contribution in [0.25, 0.3) is 0 Å². The van der Waals surface area contributed by atoms with Crippen LogP contribution in [0.3, 0.4) is 0 Å². The van der Waals surface area contributed by atoms with Crippen LogP contribution in [0.4, 0.5) is 5.69 Å². The van der Waals surface area contributed by atoms with Crippen molar-refractivity contribution < 1.29 is 4.92 Å². The molecule has 1 aromatic rings. The summed E-state index contributed by atoms with van der Waals surface area (Å²) < 4.78 is 0.533. The Morgan fingerprint density at radius 2 is 2.16 bits per heavy atom. The molecule has 0 unspecified atom stereocenters. The first-order valence-electron chi connectivity index (χ1n) is 6.38. The van der Waals surface area contributed by atoms with Gasteiger partial charge in [-0.3, -0.25) is 10.1 Å². The maximum atomic E-state index is 10.8. The predicted molar refractivity (Wildman–Crippen MR) is 82.6 cm³/mol. The Kier molecular flexibility index (Phi) is 5.66. The first kappa shape index (κ1) is 14.8. The number of thioether (sulfide) groups is 1. The summed E-state index contributed by atoms with van der Waals surface area (Å²) in [5.74, 6) is 3.28. The van der Waals surface area contributed by atoms with Gasteiger partial charge in [-0.05, 0) is 64.4 Å². The molecule has 0 aromatic heterocycles. The van der Waals surface area contributed by atoms with Gasteiger partial charge in [-0.15, -0.1) is 0 Å². The van der Waals surface area contributed by atoms with Gasteiger partial charge in [0, 0.05) is 12.6 Å². The summed E-state index contributed by atoms with van der Waals surface area (Å²) in [7, 11) is 0. The smallest absolute Gasteiger partial charge is 0.283 e. The molecule has 6 heteroatoms. The summed E-state index contributed by atoms with van der Waals surface area (Å²) in [6.07, 6.45) is 2.55. The maximum Gasteiger partial charge on any atom is 0.283 e. The summed E-state index contributed by atoms with van der Waals surface area (Å²) >= 11 is 5.22. The highest BCUT2D eigenvalue weighted by atomic mass is 79.9. The molecule has 1 aliphatic rings. The minimum Gasteiger partial charge on any atom is -0.312 e. The zero-order valence-electron chi connectivity index (χ0n) is 10.6. The highest BCUT2D eigenvalue weighted by Crippen LogP contribution is 2.26. The summed E-state index contributed by atoms with van der Waals surface area (Å²) in [6.45, 7) is 1.70. The van der Waals surface area contributed by atoms with Crippen LogP contribution in [-0.2, 0) is 6.54 Å². The van der Waals surface area contributed by atoms with Crippen LogP contribution in [0, 0.1) is 16.0 Å². The molecule has 104 valence electrons. The second-order valence-corrected chi connectivity index (χ2v) is 6.81. The maximum absolute atomic E-state index is 10.8. The molecule has 19 heavy (non-hydrogen) atoms. The van der Waals surface area contributed by atoms with E-state index in [0.717, 1.165) is 18.0 Å². The number of nitro groups is 1. The fraction of sp³-hybridized carbons (Fsp3) is 0.538. The van der Waals surface area contributed by atoms with Crippen molar-refractivity contribution in [3.63, 3.8) is 0 Å². The van der Waals surface area contributed by atoms with E-state index in [9.17, 15) is 10.1 Å². The molecule has 1 aliphatic heterocycles. The number of halogens is 1. The summed E-state index contributed by atoms with van der Waals surface area (Å²) in [4.78, 5) is 10.5. The average Bonchev–Trinajstić information content (AvgIpc) is 2.41. The normalized spacial score (nSPS) is 16.5. The fourth-order valence-corrected chi connectivity index (χ4v) is 3.77. The van der Waals surface area contributed by atoms with Gasteiger partial charge in [0.1, 0.15) is 0 Å². The summed E-state index contributed by atoms with van der Waals surface area (Å²) in [5, 5.41) is 14.3. The SMILES string of the molecule is O=[N+]([O-])c1cc(CNCC2CCSCC2)ccc1Br. The quantitative estimate of drug-likeness (QED) is 0.655. The van der Waals surface area contributed by atoms with E-state index >= 15 is 0 Å². The molecule has 0 saturated carbocycles. The first-order chi connectivity index (χ1) is 9.16. The number of benzene rings is 1. The third-order valence-electron chi connectivity index (χ3n) is 3.31. The van der Waals surface area contributed by atoms with Crippen LogP contribution in [0.5, 0.6) is 0 Å². The largest absolute Gasteiger partial charge is 0.312 e. The first-order valence-corrected chi connectivity index (χ1v) is 8.33. The Labute approximate surface area is 125 Å². The van der Waals surface area contributed by atoms with Gasteiger partial charge < -0.3 is 5.32 Å². The second-order valence-electron chi connectivity index (χ2n) is 4.73. The lowest BCUT2D eigenvalue weighted by molar-refractivity contribution is -0.385. The lowest BCUT2D eigenvalue weighted by Crippen LogP contribution is -2.25. The zero-order valence-corrected chi connectivity index (χ0v) is 13.0. The number of nitro benzene ring substituents is 1. The molecule has 1 heterocycles. The molecule has 1 N–H and O–H groups in total. The van der Waals surface area contributed by atoms with Crippen molar-refractivity contribution in [1.82, 2.24) is 5.32 Å². The standard InChI is InChI=1S/C13H17BrN2O2S/c14-12-2-1-11(7-13(12)16(17)18)9-15-8-10-3-5-19-6-4-10/h1-2,7,10,15H,3-6,8-9H2. The van der Waals surface area contributed by atoms with E-state index in [2.05, 4.69) is 21.2 Å². The monoisotopic (exact) mass is 344 g/mol. The molecule has 1 saturated heterocycles. The molecular formula is C13H17BrN2O2S. The summed E-state index contributed by atoms with van der Waals surface area (Å²) in [5.41, 5.74) is 1.09. The van der Waals surface area contributed by atoms with Crippen molar-refractivity contribution in [2.24, 2.45) is 5.92 Å². The van der Waals surface area contributed by atoms with Crippen molar-refractivity contribution in [2.45, 2.75) is 19.4 Å². The predicted octanol–water partition coefficient (Wildman–Crippen LogP) is 3.59. The average molecular weight is 345 g/mol. The molecule has 0 atom stereocenters. The molecule has 0 amide bonds. The van der Waals surface area contributed by atoms with Crippen molar-refractivity contribution in [3.8, 4) is 0 Å². The molecule has 1 fully saturated rings. The number of rotatable bonds is 5. The number of hydrogen-bond acceptors (Lipinski definition) is 4. The van der Waals surface area contributed by atoms with E-state index in [0.29, 0.717) is 11.0 Å². The van der Waals surface area contributed by atoms with Crippen molar-refractivity contribution in [3.05, 3.63) is 38.3 Å². The van der Waals surface area contributed by atoms with Gasteiger partial charge in [0.25, 0.3) is 5.69 Å². The van der Waals surface area contributed by atoms with Gasteiger partial charge in [0.2, 0.25) is 0 Å². The Balaban J connectivity index is 1.85. The third-order valence-corrected chi connectivity index (χ3v) is 5.03. The Hall–Kier alpha value is -0.590. The van der Waals surface area contributed by atoms with Gasteiger partial charge in [0.05, 0.1) is 9.40 Å². The van der Waals surface area contributed by atoms with Gasteiger partial charge >= 0.3 is 0 Å². The van der Waals surface area contributed by atoms with Crippen LogP contribution in [0.2, 0.25) is 0 Å². The molecular weight excluding hydrogens is 328 g/mol. The minimum atomic E-state index is -0.355. The minimum absolute atomic E-state index is 0.133. The molecule has 0 spiro atoms. The van der Waals surface area contributed by atoms with Crippen molar-refractivity contribution >= 4 is 33.4 Å². The molecule has 0 radical (unpaired) electrons. The van der Waals surface area contributed by atoms with E-state index in [-0.39, 0.29) is 10.6 Å². The van der Waals surface area contributed by atoms with Crippen molar-refractivity contribution in [2.75, 3.05) is 18.1 Å². The van der Waals surface area contributed by atoms with Crippen LogP contribution in [-0.4, -0.2) is 23.0 Å². The molecule has 4 nitrogen and oxygen atoms in total. The number of hydrogen-bond donors (Lipinski definition) is 1. The van der Waals surface area contributed by atoms with Crippen LogP contribution < -0.4 is 5.32 Å². The Morgan fingerprint density at radius 3 is 2.84 bits per heavy atom. The molecule has 0 bridgehead atoms. The van der Waals surface area contributed by atoms with E-state index in [4.69, 9.17) is 0 Å². The molecule has 2 rings (SSSR count). The van der Waals surface area contributed by atoms with E-state index < -0.39 is 0 Å². The van der Waals surface area contributed by atoms with E-state index in [1.807, 2.05) is 17.8 Å². The van der Waals surface area contributed by atoms with Gasteiger partial charge in [-0.2, -0.15) is 11.8 Å². The Morgan fingerprint density at radius 1 is 1.42 bits per heavy atom. The zero-order chi connectivity index (χ0) is 13.7. The highest BCUT2D eigenvalue weighted by molar-refractivity contribution is 9.10. The fourth-order valence-electron chi connectivity index (χ4n) is 2.18.